The molecule has 1 saturated heterocycles. The quantitative estimate of drug-likeness (QED) is 0.569. The fourth-order valence-electron chi connectivity index (χ4n) is 2.38. The molecule has 1 aliphatic carbocycles. The molecule has 0 amide bonds. The van der Waals surface area contributed by atoms with E-state index in [-0.39, 0.29) is 0 Å². The Bertz CT molecular complexity index is 140. The van der Waals surface area contributed by atoms with Crippen LogP contribution < -0.4 is 5.32 Å². The van der Waals surface area contributed by atoms with Crippen LogP contribution >= 0.6 is 0 Å². The fraction of sp³-hybridized carbons (Fsp3) is 1.00. The molecule has 64 valence electrons. The highest BCUT2D eigenvalue weighted by molar-refractivity contribution is 4.96. The molecular formula is C9H17NO. The third kappa shape index (κ3) is 1.42. The standard InChI is InChI=1S/C9H17NO/c1-8-6-11-7-9(10-8)4-2-3-5-9/h8,10H,2-7H2,1H3. The molecular weight excluding hydrogens is 138 g/mol. The minimum atomic E-state index is 0.373. The van der Waals surface area contributed by atoms with Gasteiger partial charge in [0.2, 0.25) is 0 Å². The van der Waals surface area contributed by atoms with Crippen molar-refractivity contribution in [1.82, 2.24) is 5.32 Å². The molecule has 0 aromatic carbocycles. The predicted octanol–water partition coefficient (Wildman–Crippen LogP) is 1.31. The van der Waals surface area contributed by atoms with Crippen molar-refractivity contribution in [2.45, 2.75) is 44.2 Å². The van der Waals surface area contributed by atoms with Gasteiger partial charge in [0.1, 0.15) is 0 Å². The van der Waals surface area contributed by atoms with Gasteiger partial charge < -0.3 is 10.1 Å². The smallest absolute Gasteiger partial charge is 0.0649 e. The monoisotopic (exact) mass is 155 g/mol. The maximum Gasteiger partial charge on any atom is 0.0649 e. The second kappa shape index (κ2) is 2.76. The Hall–Kier alpha value is -0.0800. The fourth-order valence-corrected chi connectivity index (χ4v) is 2.38. The summed E-state index contributed by atoms with van der Waals surface area (Å²) in [6, 6.07) is 0.557. The Labute approximate surface area is 68.3 Å². The van der Waals surface area contributed by atoms with Crippen molar-refractivity contribution in [3.05, 3.63) is 0 Å². The van der Waals surface area contributed by atoms with Crippen LogP contribution in [-0.4, -0.2) is 24.8 Å². The first-order valence-electron chi connectivity index (χ1n) is 4.66. The molecule has 0 aromatic rings. The van der Waals surface area contributed by atoms with Gasteiger partial charge in [-0.05, 0) is 19.8 Å². The zero-order valence-electron chi connectivity index (χ0n) is 7.23. The lowest BCUT2D eigenvalue weighted by molar-refractivity contribution is 0.00566. The number of nitrogens with one attached hydrogen (secondary N) is 1. The van der Waals surface area contributed by atoms with E-state index in [0.717, 1.165) is 13.2 Å². The Morgan fingerprint density at radius 2 is 2.09 bits per heavy atom. The minimum absolute atomic E-state index is 0.373. The highest BCUT2D eigenvalue weighted by Crippen LogP contribution is 2.31. The first-order valence-corrected chi connectivity index (χ1v) is 4.66. The third-order valence-electron chi connectivity index (χ3n) is 2.86. The van der Waals surface area contributed by atoms with Gasteiger partial charge in [0.25, 0.3) is 0 Å². The van der Waals surface area contributed by atoms with E-state index in [2.05, 4.69) is 12.2 Å². The Morgan fingerprint density at radius 1 is 1.36 bits per heavy atom. The van der Waals surface area contributed by atoms with Crippen molar-refractivity contribution in [1.29, 1.82) is 0 Å². The summed E-state index contributed by atoms with van der Waals surface area (Å²) < 4.78 is 5.56. The lowest BCUT2D eigenvalue weighted by Crippen LogP contribution is -2.56. The molecule has 1 atom stereocenters. The lowest BCUT2D eigenvalue weighted by Gasteiger charge is -2.38. The second-order valence-corrected chi connectivity index (χ2v) is 4.05. The Balaban J connectivity index is 2.00. The average molecular weight is 155 g/mol. The normalized spacial score (nSPS) is 36.3. The van der Waals surface area contributed by atoms with Gasteiger partial charge in [0.05, 0.1) is 13.2 Å². The third-order valence-corrected chi connectivity index (χ3v) is 2.86. The maximum atomic E-state index is 5.56. The number of morpholine rings is 1. The van der Waals surface area contributed by atoms with Gasteiger partial charge in [-0.3, -0.25) is 0 Å². The van der Waals surface area contributed by atoms with Crippen molar-refractivity contribution in [3.8, 4) is 0 Å². The van der Waals surface area contributed by atoms with Gasteiger partial charge in [-0.25, -0.2) is 0 Å². The first kappa shape index (κ1) is 7.56. The van der Waals surface area contributed by atoms with E-state index in [1.54, 1.807) is 0 Å². The van der Waals surface area contributed by atoms with Crippen molar-refractivity contribution in [3.63, 3.8) is 0 Å². The number of ether oxygens (including phenoxy) is 1. The molecule has 1 aliphatic heterocycles. The molecule has 0 radical (unpaired) electrons. The molecule has 1 spiro atoms. The van der Waals surface area contributed by atoms with Crippen LogP contribution in [0.5, 0.6) is 0 Å². The van der Waals surface area contributed by atoms with Crippen molar-refractivity contribution in [2.24, 2.45) is 0 Å². The van der Waals surface area contributed by atoms with Crippen LogP contribution in [0.3, 0.4) is 0 Å². The maximum absolute atomic E-state index is 5.56. The Morgan fingerprint density at radius 3 is 2.73 bits per heavy atom. The summed E-state index contributed by atoms with van der Waals surface area (Å²) in [5, 5.41) is 3.67. The van der Waals surface area contributed by atoms with E-state index >= 15 is 0 Å². The van der Waals surface area contributed by atoms with Gasteiger partial charge in [0.15, 0.2) is 0 Å². The molecule has 0 bridgehead atoms. The van der Waals surface area contributed by atoms with E-state index in [1.807, 2.05) is 0 Å². The SMILES string of the molecule is CC1COCC2(CCCC2)N1. The van der Waals surface area contributed by atoms with E-state index in [9.17, 15) is 0 Å². The lowest BCUT2D eigenvalue weighted by atomic mass is 9.96. The zero-order chi connectivity index (χ0) is 7.73. The largest absolute Gasteiger partial charge is 0.378 e. The molecule has 0 aromatic heterocycles. The number of rotatable bonds is 0. The predicted molar refractivity (Wildman–Crippen MR) is 44.6 cm³/mol. The van der Waals surface area contributed by atoms with Crippen LogP contribution in [0.25, 0.3) is 0 Å². The van der Waals surface area contributed by atoms with Crippen LogP contribution in [0.2, 0.25) is 0 Å². The van der Waals surface area contributed by atoms with Crippen LogP contribution in [0.15, 0.2) is 0 Å². The van der Waals surface area contributed by atoms with Crippen LogP contribution in [0, 0.1) is 0 Å². The molecule has 1 unspecified atom stereocenters. The average Bonchev–Trinajstić information content (AvgIpc) is 2.37. The van der Waals surface area contributed by atoms with Gasteiger partial charge in [0, 0.05) is 11.6 Å². The van der Waals surface area contributed by atoms with E-state index in [1.165, 1.54) is 25.7 Å². The summed E-state index contributed by atoms with van der Waals surface area (Å²) in [6.45, 7) is 4.04. The minimum Gasteiger partial charge on any atom is -0.378 e. The van der Waals surface area contributed by atoms with Crippen molar-refractivity contribution >= 4 is 0 Å². The molecule has 1 saturated carbocycles. The zero-order valence-corrected chi connectivity index (χ0v) is 7.23. The van der Waals surface area contributed by atoms with E-state index < -0.39 is 0 Å². The van der Waals surface area contributed by atoms with E-state index in [4.69, 9.17) is 4.74 Å². The van der Waals surface area contributed by atoms with Crippen LogP contribution in [0.1, 0.15) is 32.6 Å². The second-order valence-electron chi connectivity index (χ2n) is 4.05. The number of hydrogen-bond acceptors (Lipinski definition) is 2. The molecule has 2 heteroatoms. The van der Waals surface area contributed by atoms with Crippen LogP contribution in [-0.2, 0) is 4.74 Å². The summed E-state index contributed by atoms with van der Waals surface area (Å²) in [7, 11) is 0. The highest BCUT2D eigenvalue weighted by Gasteiger charge is 2.37. The summed E-state index contributed by atoms with van der Waals surface area (Å²) in [4.78, 5) is 0. The molecule has 11 heavy (non-hydrogen) atoms. The summed E-state index contributed by atoms with van der Waals surface area (Å²) >= 11 is 0. The molecule has 1 N–H and O–H groups in total. The molecule has 2 aliphatic rings. The molecule has 2 rings (SSSR count). The van der Waals surface area contributed by atoms with E-state index in [0.29, 0.717) is 11.6 Å². The summed E-state index contributed by atoms with van der Waals surface area (Å²) in [6.07, 6.45) is 5.39. The van der Waals surface area contributed by atoms with Gasteiger partial charge in [-0.2, -0.15) is 0 Å². The first-order chi connectivity index (χ1) is 5.31. The Kier molecular flexibility index (Phi) is 1.90. The molecule has 2 fully saturated rings. The topological polar surface area (TPSA) is 21.3 Å². The summed E-state index contributed by atoms with van der Waals surface area (Å²) in [5.41, 5.74) is 0.373. The molecule has 2 nitrogen and oxygen atoms in total. The van der Waals surface area contributed by atoms with Crippen molar-refractivity contribution in [2.75, 3.05) is 13.2 Å². The summed E-state index contributed by atoms with van der Waals surface area (Å²) in [5.74, 6) is 0. The number of hydrogen-bond donors (Lipinski definition) is 1. The van der Waals surface area contributed by atoms with Crippen molar-refractivity contribution < 1.29 is 4.74 Å². The van der Waals surface area contributed by atoms with Gasteiger partial charge >= 0.3 is 0 Å². The highest BCUT2D eigenvalue weighted by atomic mass is 16.5. The van der Waals surface area contributed by atoms with Gasteiger partial charge in [-0.1, -0.05) is 12.8 Å². The molecule has 1 heterocycles. The van der Waals surface area contributed by atoms with Gasteiger partial charge in [-0.15, -0.1) is 0 Å². The van der Waals surface area contributed by atoms with Crippen LogP contribution in [0.4, 0.5) is 0 Å².